The van der Waals surface area contributed by atoms with Gasteiger partial charge in [0.1, 0.15) is 17.9 Å². The van der Waals surface area contributed by atoms with Crippen LogP contribution in [-0.4, -0.2) is 55.8 Å². The maximum Gasteiger partial charge on any atom is 0.249 e. The van der Waals surface area contributed by atoms with E-state index in [2.05, 4.69) is 5.32 Å². The minimum absolute atomic E-state index is 0.0148. The third-order valence-corrected chi connectivity index (χ3v) is 10.7. The van der Waals surface area contributed by atoms with Crippen LogP contribution in [0.2, 0.25) is 5.02 Å². The van der Waals surface area contributed by atoms with E-state index in [0.29, 0.717) is 25.2 Å². The molecule has 46 heavy (non-hydrogen) atoms. The second kappa shape index (κ2) is 11.7. The van der Waals surface area contributed by atoms with E-state index in [1.54, 1.807) is 0 Å². The Balaban J connectivity index is 1.19. The lowest BCUT2D eigenvalue weighted by molar-refractivity contribution is -0.135. The van der Waals surface area contributed by atoms with E-state index in [1.807, 2.05) is 29.2 Å². The number of carbonyl (C=O) groups excluding carboxylic acids is 3. The van der Waals surface area contributed by atoms with Crippen LogP contribution in [-0.2, 0) is 15.2 Å². The number of carbonyl (C=O) groups is 3. The number of fused-ring (bicyclic) bond motifs is 6. The van der Waals surface area contributed by atoms with Crippen LogP contribution < -0.4 is 20.5 Å². The van der Waals surface area contributed by atoms with Crippen LogP contribution in [0.4, 0.5) is 8.78 Å². The second-order valence-electron chi connectivity index (χ2n) is 12.7. The largest absolute Gasteiger partial charge is 0.494 e. The Labute approximate surface area is 270 Å². The molecule has 2 aliphatic carbocycles. The van der Waals surface area contributed by atoms with Crippen molar-refractivity contribution in [2.75, 3.05) is 26.7 Å². The number of methoxy groups -OCH3 is 1. The number of hydrogen-bond donors (Lipinski definition) is 2. The minimum atomic E-state index is -0.931. The summed E-state index contributed by atoms with van der Waals surface area (Å²) in [6, 6.07) is 11.7. The number of rotatable bonds is 8. The quantitative estimate of drug-likeness (QED) is 0.320. The first kappa shape index (κ1) is 30.6. The van der Waals surface area contributed by atoms with E-state index in [1.165, 1.54) is 25.3 Å². The van der Waals surface area contributed by atoms with Gasteiger partial charge in [-0.2, -0.15) is 0 Å². The van der Waals surface area contributed by atoms with Gasteiger partial charge in [-0.3, -0.25) is 9.59 Å². The first-order valence-electron chi connectivity index (χ1n) is 15.6. The van der Waals surface area contributed by atoms with Crippen molar-refractivity contribution < 1.29 is 32.6 Å². The molecular formula is C35H34ClF2N3O5. The van der Waals surface area contributed by atoms with Gasteiger partial charge in [-0.25, -0.2) is 8.78 Å². The molecule has 0 spiro atoms. The van der Waals surface area contributed by atoms with Crippen molar-refractivity contribution in [3.8, 4) is 22.6 Å². The number of primary amides is 1. The number of benzene rings is 3. The van der Waals surface area contributed by atoms with Crippen LogP contribution in [0, 0.1) is 23.5 Å². The van der Waals surface area contributed by atoms with Crippen LogP contribution in [0.5, 0.6) is 11.5 Å². The van der Waals surface area contributed by atoms with Gasteiger partial charge in [-0.15, -0.1) is 0 Å². The lowest BCUT2D eigenvalue weighted by Crippen LogP contribution is -2.54. The molecule has 240 valence electrons. The second-order valence-corrected chi connectivity index (χ2v) is 13.1. The Hall–Kier alpha value is -4.02. The third kappa shape index (κ3) is 4.68. The monoisotopic (exact) mass is 649 g/mol. The standard InChI is InChI=1S/C35H34ClF2N3O5/c1-45-25-11-10-22(33(39)43)27(32(25)38)29-28-26(14-24(37)31(29)36)46-35(23-5-3-2-4-21(23)30(28)35)17-40-20-8-6-19(7-9-20)34(44)41-13-12-18(15-41)16-42/h2-5,10-11,14,16,18-20,30,40H,6-9,12-13,15,17H2,1H3,(H2,39,43)/t18?,19?,20?,30-,35+/m0/s1. The van der Waals surface area contributed by atoms with E-state index >= 15 is 8.78 Å². The van der Waals surface area contributed by atoms with E-state index in [4.69, 9.17) is 26.8 Å². The van der Waals surface area contributed by atoms with Gasteiger partial charge < -0.3 is 30.2 Å². The fourth-order valence-electron chi connectivity index (χ4n) is 7.99. The summed E-state index contributed by atoms with van der Waals surface area (Å²) in [6.45, 7) is 1.52. The molecule has 1 saturated carbocycles. The van der Waals surface area contributed by atoms with Crippen molar-refractivity contribution in [3.05, 3.63) is 81.4 Å². The van der Waals surface area contributed by atoms with Gasteiger partial charge in [0.25, 0.3) is 0 Å². The van der Waals surface area contributed by atoms with Crippen molar-refractivity contribution in [2.45, 2.75) is 49.7 Å². The molecule has 0 radical (unpaired) electrons. The number of aldehydes is 1. The average Bonchev–Trinajstić information content (AvgIpc) is 3.65. The summed E-state index contributed by atoms with van der Waals surface area (Å²) in [7, 11) is 1.30. The van der Waals surface area contributed by atoms with Crippen molar-refractivity contribution >= 4 is 29.7 Å². The average molecular weight is 650 g/mol. The van der Waals surface area contributed by atoms with Crippen LogP contribution in [0.1, 0.15) is 65.1 Å². The Bertz CT molecular complexity index is 1760. The summed E-state index contributed by atoms with van der Waals surface area (Å²) in [5.74, 6) is -2.95. The number of nitrogens with two attached hydrogens (primary N) is 1. The molecule has 3 N–H and O–H groups in total. The zero-order valence-electron chi connectivity index (χ0n) is 25.3. The summed E-state index contributed by atoms with van der Waals surface area (Å²) >= 11 is 6.61. The Morgan fingerprint density at radius 2 is 1.89 bits per heavy atom. The van der Waals surface area contributed by atoms with E-state index in [-0.39, 0.29) is 57.0 Å². The van der Waals surface area contributed by atoms with Crippen molar-refractivity contribution in [3.63, 3.8) is 0 Å². The lowest BCUT2D eigenvalue weighted by atomic mass is 9.61. The molecule has 4 aliphatic rings. The highest BCUT2D eigenvalue weighted by atomic mass is 35.5. The minimum Gasteiger partial charge on any atom is -0.494 e. The van der Waals surface area contributed by atoms with Crippen LogP contribution in [0.15, 0.2) is 42.5 Å². The molecule has 2 amide bonds. The molecule has 3 aromatic rings. The SMILES string of the molecule is COc1ccc(C(N)=O)c(-c2c(Cl)c(F)cc3c2[C@@H]2c4ccccc4[C@@]2(CNC2CCC(C(=O)N4CCC(C=O)C4)CC2)O3)c1F. The van der Waals surface area contributed by atoms with Crippen LogP contribution >= 0.6 is 11.6 Å². The number of hydrogen-bond acceptors (Lipinski definition) is 6. The summed E-state index contributed by atoms with van der Waals surface area (Å²) < 4.78 is 43.3. The molecule has 3 aromatic carbocycles. The fraction of sp³-hybridized carbons (Fsp3) is 0.400. The third-order valence-electron chi connectivity index (χ3n) is 10.3. The first-order chi connectivity index (χ1) is 22.2. The van der Waals surface area contributed by atoms with Crippen molar-refractivity contribution in [2.24, 2.45) is 17.6 Å². The summed E-state index contributed by atoms with van der Waals surface area (Å²) in [5, 5.41) is 3.32. The van der Waals surface area contributed by atoms with Gasteiger partial charge in [0.2, 0.25) is 11.8 Å². The zero-order chi connectivity index (χ0) is 32.3. The topological polar surface area (TPSA) is 111 Å². The molecular weight excluding hydrogens is 616 g/mol. The van der Waals surface area contributed by atoms with Crippen LogP contribution in [0.3, 0.4) is 0 Å². The molecule has 7 rings (SSSR count). The number of ether oxygens (including phenoxy) is 2. The molecule has 2 aliphatic heterocycles. The molecule has 0 bridgehead atoms. The van der Waals surface area contributed by atoms with Gasteiger partial charge in [-0.1, -0.05) is 35.9 Å². The zero-order valence-corrected chi connectivity index (χ0v) is 26.0. The van der Waals surface area contributed by atoms with Gasteiger partial charge in [0.05, 0.1) is 23.6 Å². The maximum atomic E-state index is 16.0. The van der Waals surface area contributed by atoms with E-state index < -0.39 is 29.1 Å². The Morgan fingerprint density at radius 3 is 2.59 bits per heavy atom. The first-order valence-corrected chi connectivity index (χ1v) is 16.0. The number of likely N-dealkylation sites (tertiary alicyclic amines) is 1. The highest BCUT2D eigenvalue weighted by Crippen LogP contribution is 2.65. The molecule has 11 heteroatoms. The Morgan fingerprint density at radius 1 is 1.13 bits per heavy atom. The van der Waals surface area contributed by atoms with Gasteiger partial charge in [-0.05, 0) is 49.8 Å². The summed E-state index contributed by atoms with van der Waals surface area (Å²) in [4.78, 5) is 38.6. The Kier molecular flexibility index (Phi) is 7.76. The predicted molar refractivity (Wildman–Crippen MR) is 167 cm³/mol. The number of nitrogens with one attached hydrogen (secondary N) is 1. The normalized spacial score (nSPS) is 26.0. The lowest BCUT2D eigenvalue weighted by Gasteiger charge is -2.47. The number of amides is 2. The smallest absolute Gasteiger partial charge is 0.249 e. The molecule has 1 saturated heterocycles. The number of halogens is 3. The predicted octanol–water partition coefficient (Wildman–Crippen LogP) is 5.32. The molecule has 0 aromatic heterocycles. The summed E-state index contributed by atoms with van der Waals surface area (Å²) in [5.41, 5.74) is 6.71. The highest BCUT2D eigenvalue weighted by molar-refractivity contribution is 6.34. The molecule has 8 nitrogen and oxygen atoms in total. The molecule has 2 fully saturated rings. The number of nitrogens with zero attached hydrogens (tertiary/aromatic N) is 1. The van der Waals surface area contributed by atoms with Crippen molar-refractivity contribution in [1.82, 2.24) is 10.2 Å². The molecule has 2 heterocycles. The summed E-state index contributed by atoms with van der Waals surface area (Å²) in [6.07, 6.45) is 4.73. The highest BCUT2D eigenvalue weighted by Gasteiger charge is 2.61. The van der Waals surface area contributed by atoms with Crippen LogP contribution in [0.25, 0.3) is 11.1 Å². The van der Waals surface area contributed by atoms with Gasteiger partial charge >= 0.3 is 0 Å². The fourth-order valence-corrected chi connectivity index (χ4v) is 8.24. The van der Waals surface area contributed by atoms with E-state index in [0.717, 1.165) is 49.5 Å². The maximum absolute atomic E-state index is 16.0. The molecule has 1 unspecified atom stereocenters. The van der Waals surface area contributed by atoms with Gasteiger partial charge in [0.15, 0.2) is 17.2 Å². The van der Waals surface area contributed by atoms with Crippen molar-refractivity contribution in [1.29, 1.82) is 0 Å². The molecule has 3 atom stereocenters. The van der Waals surface area contributed by atoms with E-state index in [9.17, 15) is 14.4 Å². The van der Waals surface area contributed by atoms with Gasteiger partial charge in [0, 0.05) is 65.8 Å².